The fourth-order valence-electron chi connectivity index (χ4n) is 1.66. The van der Waals surface area contributed by atoms with Crippen molar-refractivity contribution in [2.75, 3.05) is 18.1 Å². The van der Waals surface area contributed by atoms with Crippen LogP contribution >= 0.6 is 11.8 Å². The van der Waals surface area contributed by atoms with E-state index < -0.39 is 16.0 Å². The molecule has 0 fully saturated rings. The van der Waals surface area contributed by atoms with E-state index in [1.54, 1.807) is 13.8 Å². The number of carbonyl (C=O) groups excluding carboxylic acids is 1. The highest BCUT2D eigenvalue weighted by Gasteiger charge is 2.15. The molecule has 0 radical (unpaired) electrons. The van der Waals surface area contributed by atoms with Gasteiger partial charge in [-0.25, -0.2) is 13.1 Å². The normalized spacial score (nSPS) is 11.4. The minimum absolute atomic E-state index is 0.00865. The predicted octanol–water partition coefficient (Wildman–Crippen LogP) is 0.921. The van der Waals surface area contributed by atoms with Gasteiger partial charge >= 0.3 is 5.97 Å². The van der Waals surface area contributed by atoms with Crippen LogP contribution in [0.2, 0.25) is 0 Å². The Morgan fingerprint density at radius 3 is 2.35 bits per heavy atom. The van der Waals surface area contributed by atoms with Crippen molar-refractivity contribution in [1.82, 2.24) is 10.0 Å². The summed E-state index contributed by atoms with van der Waals surface area (Å²) in [5, 5.41) is 11.1. The van der Waals surface area contributed by atoms with Crippen LogP contribution < -0.4 is 10.0 Å². The van der Waals surface area contributed by atoms with E-state index in [1.165, 1.54) is 36.0 Å². The first-order chi connectivity index (χ1) is 10.7. The van der Waals surface area contributed by atoms with Crippen LogP contribution in [0.15, 0.2) is 29.2 Å². The zero-order chi connectivity index (χ0) is 17.5. The van der Waals surface area contributed by atoms with E-state index in [0.29, 0.717) is 17.9 Å². The molecule has 1 aromatic carbocycles. The molecule has 128 valence electrons. The molecule has 0 aliphatic rings. The Kier molecular flexibility index (Phi) is 7.53. The van der Waals surface area contributed by atoms with Crippen LogP contribution in [0.25, 0.3) is 0 Å². The van der Waals surface area contributed by atoms with Gasteiger partial charge in [0.05, 0.1) is 10.6 Å². The average Bonchev–Trinajstić information content (AvgIpc) is 2.45. The van der Waals surface area contributed by atoms with Crippen LogP contribution in [0.4, 0.5) is 0 Å². The number of carbonyl (C=O) groups is 2. The number of carboxylic acid groups (broad SMARTS) is 1. The van der Waals surface area contributed by atoms with Crippen LogP contribution in [0, 0.1) is 0 Å². The molecular formula is C14H20N2O5S2. The summed E-state index contributed by atoms with van der Waals surface area (Å²) in [5.74, 6) is -0.747. The van der Waals surface area contributed by atoms with Gasteiger partial charge in [-0.1, -0.05) is 0 Å². The Balaban J connectivity index is 2.56. The number of aliphatic carboxylic acids is 1. The monoisotopic (exact) mass is 360 g/mol. The second kappa shape index (κ2) is 8.90. The zero-order valence-electron chi connectivity index (χ0n) is 12.9. The van der Waals surface area contributed by atoms with E-state index in [4.69, 9.17) is 5.11 Å². The van der Waals surface area contributed by atoms with E-state index in [-0.39, 0.29) is 22.6 Å². The molecule has 1 rings (SSSR count). The summed E-state index contributed by atoms with van der Waals surface area (Å²) < 4.78 is 26.4. The number of benzene rings is 1. The molecule has 1 amide bonds. The summed E-state index contributed by atoms with van der Waals surface area (Å²) >= 11 is 1.21. The highest BCUT2D eigenvalue weighted by atomic mass is 32.2. The molecule has 0 bridgehead atoms. The molecule has 1 aromatic rings. The Morgan fingerprint density at radius 2 is 1.83 bits per heavy atom. The highest BCUT2D eigenvalue weighted by molar-refractivity contribution is 7.99. The molecule has 0 atom stereocenters. The van der Waals surface area contributed by atoms with Crippen LogP contribution in [0.1, 0.15) is 24.2 Å². The lowest BCUT2D eigenvalue weighted by Gasteiger charge is -2.10. The molecule has 0 aliphatic carbocycles. The fourth-order valence-corrected chi connectivity index (χ4v) is 3.48. The quantitative estimate of drug-likeness (QED) is 0.565. The summed E-state index contributed by atoms with van der Waals surface area (Å²) in [6, 6.07) is 5.41. The molecule has 0 aromatic heterocycles. The van der Waals surface area contributed by atoms with Gasteiger partial charge in [-0.15, -0.1) is 11.8 Å². The largest absolute Gasteiger partial charge is 0.481 e. The van der Waals surface area contributed by atoms with Gasteiger partial charge < -0.3 is 10.4 Å². The van der Waals surface area contributed by atoms with Gasteiger partial charge in [0.1, 0.15) is 0 Å². The van der Waals surface area contributed by atoms with E-state index in [1.807, 2.05) is 0 Å². The first-order valence-corrected chi connectivity index (χ1v) is 9.56. The van der Waals surface area contributed by atoms with Crippen LogP contribution in [-0.2, 0) is 14.8 Å². The maximum Gasteiger partial charge on any atom is 0.313 e. The second-order valence-electron chi connectivity index (χ2n) is 5.00. The molecule has 0 saturated carbocycles. The number of amides is 1. The van der Waals surface area contributed by atoms with Crippen molar-refractivity contribution in [3.05, 3.63) is 29.8 Å². The van der Waals surface area contributed by atoms with Crippen molar-refractivity contribution in [3.8, 4) is 0 Å². The van der Waals surface area contributed by atoms with Crippen molar-refractivity contribution >= 4 is 33.7 Å². The van der Waals surface area contributed by atoms with Crippen molar-refractivity contribution in [2.45, 2.75) is 24.8 Å². The third-order valence-electron chi connectivity index (χ3n) is 2.58. The molecule has 0 heterocycles. The van der Waals surface area contributed by atoms with Crippen molar-refractivity contribution in [2.24, 2.45) is 0 Å². The maximum absolute atomic E-state index is 12.0. The molecule has 7 nitrogen and oxygen atoms in total. The summed E-state index contributed by atoms with van der Waals surface area (Å²) in [7, 11) is -3.58. The third-order valence-corrected chi connectivity index (χ3v) is 5.19. The number of carboxylic acids is 1. The summed E-state index contributed by atoms with van der Waals surface area (Å²) in [4.78, 5) is 22.3. The maximum atomic E-state index is 12.0. The van der Waals surface area contributed by atoms with Gasteiger partial charge in [0, 0.05) is 23.9 Å². The Hall–Kier alpha value is -1.58. The van der Waals surface area contributed by atoms with Crippen molar-refractivity contribution < 1.29 is 23.1 Å². The third kappa shape index (κ3) is 7.02. The minimum Gasteiger partial charge on any atom is -0.481 e. The predicted molar refractivity (Wildman–Crippen MR) is 89.2 cm³/mol. The number of nitrogens with one attached hydrogen (secondary N) is 2. The van der Waals surface area contributed by atoms with Gasteiger partial charge in [0.15, 0.2) is 0 Å². The molecule has 23 heavy (non-hydrogen) atoms. The van der Waals surface area contributed by atoms with E-state index >= 15 is 0 Å². The summed E-state index contributed by atoms with van der Waals surface area (Å²) in [5.41, 5.74) is 0.344. The molecule has 3 N–H and O–H groups in total. The van der Waals surface area contributed by atoms with Gasteiger partial charge in [0.25, 0.3) is 5.91 Å². The van der Waals surface area contributed by atoms with Crippen LogP contribution in [0.5, 0.6) is 0 Å². The fraction of sp³-hybridized carbons (Fsp3) is 0.429. The van der Waals surface area contributed by atoms with Crippen LogP contribution in [0.3, 0.4) is 0 Å². The molecule has 0 aliphatic heterocycles. The second-order valence-corrected chi connectivity index (χ2v) is 7.82. The molecular weight excluding hydrogens is 340 g/mol. The van der Waals surface area contributed by atoms with Crippen molar-refractivity contribution in [3.63, 3.8) is 0 Å². The standard InChI is InChI=1S/C14H20N2O5S2/c1-10(2)16-23(20,21)12-5-3-11(4-6-12)14(19)15-7-8-22-9-13(17)18/h3-6,10,16H,7-9H2,1-2H3,(H,15,19)(H,17,18). The first-order valence-electron chi connectivity index (χ1n) is 6.92. The highest BCUT2D eigenvalue weighted by Crippen LogP contribution is 2.11. The van der Waals surface area contributed by atoms with Gasteiger partial charge in [-0.2, -0.15) is 0 Å². The van der Waals surface area contributed by atoms with E-state index in [2.05, 4.69) is 10.0 Å². The lowest BCUT2D eigenvalue weighted by Crippen LogP contribution is -2.30. The van der Waals surface area contributed by atoms with E-state index in [0.717, 1.165) is 0 Å². The Labute approximate surface area is 139 Å². The lowest BCUT2D eigenvalue weighted by atomic mass is 10.2. The number of sulfonamides is 1. The van der Waals surface area contributed by atoms with Gasteiger partial charge in [-0.3, -0.25) is 9.59 Å². The van der Waals surface area contributed by atoms with Crippen molar-refractivity contribution in [1.29, 1.82) is 0 Å². The molecule has 0 saturated heterocycles. The molecule has 9 heteroatoms. The number of hydrogen-bond acceptors (Lipinski definition) is 5. The lowest BCUT2D eigenvalue weighted by molar-refractivity contribution is -0.133. The number of rotatable bonds is 9. The van der Waals surface area contributed by atoms with Gasteiger partial charge in [0.2, 0.25) is 10.0 Å². The van der Waals surface area contributed by atoms with E-state index in [9.17, 15) is 18.0 Å². The minimum atomic E-state index is -3.58. The number of hydrogen-bond donors (Lipinski definition) is 3. The average molecular weight is 360 g/mol. The SMILES string of the molecule is CC(C)NS(=O)(=O)c1ccc(C(=O)NCCSCC(=O)O)cc1. The summed E-state index contributed by atoms with van der Waals surface area (Å²) in [6.45, 7) is 3.79. The van der Waals surface area contributed by atoms with Crippen LogP contribution in [-0.4, -0.2) is 49.5 Å². The molecule has 0 unspecified atom stereocenters. The smallest absolute Gasteiger partial charge is 0.313 e. The topological polar surface area (TPSA) is 113 Å². The molecule has 0 spiro atoms. The summed E-state index contributed by atoms with van der Waals surface area (Å²) in [6.07, 6.45) is 0. The zero-order valence-corrected chi connectivity index (χ0v) is 14.5. The number of thioether (sulfide) groups is 1. The van der Waals surface area contributed by atoms with Gasteiger partial charge in [-0.05, 0) is 38.1 Å². The first kappa shape index (κ1) is 19.5. The Morgan fingerprint density at radius 1 is 1.22 bits per heavy atom. The Bertz CT molecular complexity index is 642.